The molecule has 0 aliphatic carbocycles. The van der Waals surface area contributed by atoms with Gasteiger partial charge in [0.05, 0.1) is 0 Å². The molecule has 3 heteroatoms. The van der Waals surface area contributed by atoms with Crippen molar-refractivity contribution in [3.8, 4) is 0 Å². The molecular weight excluding hydrogens is 198 g/mol. The van der Waals surface area contributed by atoms with Crippen molar-refractivity contribution in [3.63, 3.8) is 0 Å². The van der Waals surface area contributed by atoms with Crippen LogP contribution in [0.2, 0.25) is 0 Å². The van der Waals surface area contributed by atoms with Crippen molar-refractivity contribution in [1.29, 1.82) is 0 Å². The minimum absolute atomic E-state index is 0.455. The quantitative estimate of drug-likeness (QED) is 0.810. The molecule has 2 N–H and O–H groups in total. The van der Waals surface area contributed by atoms with Crippen molar-refractivity contribution in [2.24, 2.45) is 5.92 Å². The summed E-state index contributed by atoms with van der Waals surface area (Å²) in [6.45, 7) is 2.35. The Morgan fingerprint density at radius 1 is 1.50 bits per heavy atom. The van der Waals surface area contributed by atoms with Gasteiger partial charge < -0.3 is 10.6 Å². The second-order valence-corrected chi connectivity index (χ2v) is 4.56. The van der Waals surface area contributed by atoms with Crippen LogP contribution in [0.3, 0.4) is 0 Å². The Balaban J connectivity index is 1.94. The molecule has 1 fully saturated rings. The van der Waals surface area contributed by atoms with Crippen molar-refractivity contribution in [2.45, 2.75) is 25.3 Å². The molecule has 1 aliphatic heterocycles. The predicted octanol–water partition coefficient (Wildman–Crippen LogP) is 1.73. The maximum Gasteiger partial charge on any atom is 0.0335 e. The molecule has 1 unspecified atom stereocenters. The maximum atomic E-state index is 4.19. The van der Waals surface area contributed by atoms with Crippen molar-refractivity contribution < 1.29 is 0 Å². The number of aromatic nitrogens is 1. The van der Waals surface area contributed by atoms with Crippen LogP contribution in [0, 0.1) is 5.92 Å². The summed E-state index contributed by atoms with van der Waals surface area (Å²) in [4.78, 5) is 4.19. The minimum Gasteiger partial charge on any atom is -0.317 e. The molecule has 1 aromatic heterocycles. The lowest BCUT2D eigenvalue weighted by atomic mass is 9.89. The molecule has 16 heavy (non-hydrogen) atoms. The van der Waals surface area contributed by atoms with E-state index in [1.807, 2.05) is 25.5 Å². The summed E-state index contributed by atoms with van der Waals surface area (Å²) in [6, 6.07) is 4.63. The van der Waals surface area contributed by atoms with E-state index in [0.29, 0.717) is 6.04 Å². The van der Waals surface area contributed by atoms with Gasteiger partial charge in [-0.15, -0.1) is 0 Å². The first-order valence-corrected chi connectivity index (χ1v) is 6.18. The fourth-order valence-electron chi connectivity index (χ4n) is 2.45. The van der Waals surface area contributed by atoms with Crippen LogP contribution in [-0.2, 0) is 0 Å². The number of piperidine rings is 1. The number of rotatable bonds is 4. The van der Waals surface area contributed by atoms with Crippen molar-refractivity contribution in [3.05, 3.63) is 30.1 Å². The maximum absolute atomic E-state index is 4.19. The summed E-state index contributed by atoms with van der Waals surface area (Å²) in [5.74, 6) is 0.846. The Labute approximate surface area is 97.7 Å². The molecule has 1 aliphatic rings. The Morgan fingerprint density at radius 2 is 2.31 bits per heavy atom. The molecule has 2 heterocycles. The molecule has 2 rings (SSSR count). The molecule has 1 aromatic rings. The van der Waals surface area contributed by atoms with E-state index in [0.717, 1.165) is 5.92 Å². The Kier molecular flexibility index (Phi) is 4.31. The largest absolute Gasteiger partial charge is 0.317 e. The number of pyridine rings is 1. The van der Waals surface area contributed by atoms with E-state index >= 15 is 0 Å². The van der Waals surface area contributed by atoms with Crippen molar-refractivity contribution in [2.75, 3.05) is 20.1 Å². The number of hydrogen-bond donors (Lipinski definition) is 2. The second kappa shape index (κ2) is 5.97. The van der Waals surface area contributed by atoms with Gasteiger partial charge in [-0.3, -0.25) is 4.98 Å². The summed E-state index contributed by atoms with van der Waals surface area (Å²) < 4.78 is 0. The van der Waals surface area contributed by atoms with Gasteiger partial charge >= 0.3 is 0 Å². The summed E-state index contributed by atoms with van der Waals surface area (Å²) in [5.41, 5.74) is 1.31. The summed E-state index contributed by atoms with van der Waals surface area (Å²) in [7, 11) is 2.04. The monoisotopic (exact) mass is 219 g/mol. The molecular formula is C13H21N3. The van der Waals surface area contributed by atoms with Crippen LogP contribution in [0.1, 0.15) is 30.9 Å². The van der Waals surface area contributed by atoms with Crippen molar-refractivity contribution in [1.82, 2.24) is 15.6 Å². The Bertz CT molecular complexity index is 293. The van der Waals surface area contributed by atoms with Gasteiger partial charge in [-0.25, -0.2) is 0 Å². The van der Waals surface area contributed by atoms with Crippen molar-refractivity contribution >= 4 is 0 Å². The topological polar surface area (TPSA) is 37.0 Å². The zero-order valence-electron chi connectivity index (χ0n) is 9.95. The standard InChI is InChI=1S/C13H21N3/c1-14-13(12-3-2-6-16-10-12)9-11-4-7-15-8-5-11/h2-3,6,10-11,13-15H,4-5,7-9H2,1H3. The molecule has 3 nitrogen and oxygen atoms in total. The van der Waals surface area contributed by atoms with Crippen LogP contribution in [0.15, 0.2) is 24.5 Å². The van der Waals surface area contributed by atoms with Gasteiger partial charge in [0.25, 0.3) is 0 Å². The van der Waals surface area contributed by atoms with E-state index in [1.54, 1.807) is 0 Å². The van der Waals surface area contributed by atoms with E-state index in [-0.39, 0.29) is 0 Å². The van der Waals surface area contributed by atoms with Gasteiger partial charge in [-0.2, -0.15) is 0 Å². The minimum atomic E-state index is 0.455. The molecule has 0 radical (unpaired) electrons. The van der Waals surface area contributed by atoms with Gasteiger partial charge in [0.15, 0.2) is 0 Å². The summed E-state index contributed by atoms with van der Waals surface area (Å²) >= 11 is 0. The molecule has 0 spiro atoms. The van der Waals surface area contributed by atoms with Crippen LogP contribution in [0.4, 0.5) is 0 Å². The lowest BCUT2D eigenvalue weighted by Crippen LogP contribution is -2.30. The van der Waals surface area contributed by atoms with E-state index < -0.39 is 0 Å². The van der Waals surface area contributed by atoms with E-state index in [1.165, 1.54) is 37.9 Å². The third-order valence-corrected chi connectivity index (χ3v) is 3.46. The van der Waals surface area contributed by atoms with Crippen LogP contribution in [-0.4, -0.2) is 25.1 Å². The first-order valence-electron chi connectivity index (χ1n) is 6.18. The van der Waals surface area contributed by atoms with E-state index in [4.69, 9.17) is 0 Å². The highest BCUT2D eigenvalue weighted by Gasteiger charge is 2.18. The number of hydrogen-bond acceptors (Lipinski definition) is 3. The first kappa shape index (κ1) is 11.6. The zero-order valence-corrected chi connectivity index (χ0v) is 9.95. The SMILES string of the molecule is CNC(CC1CCNCC1)c1cccnc1. The van der Waals surface area contributed by atoms with E-state index in [2.05, 4.69) is 21.7 Å². The first-order chi connectivity index (χ1) is 7.90. The van der Waals surface area contributed by atoms with Gasteiger partial charge in [-0.05, 0) is 56.9 Å². The highest BCUT2D eigenvalue weighted by Crippen LogP contribution is 2.25. The number of nitrogens with one attached hydrogen (secondary N) is 2. The van der Waals surface area contributed by atoms with E-state index in [9.17, 15) is 0 Å². The number of nitrogens with zero attached hydrogens (tertiary/aromatic N) is 1. The van der Waals surface area contributed by atoms with Gasteiger partial charge in [0.2, 0.25) is 0 Å². The fraction of sp³-hybridized carbons (Fsp3) is 0.615. The van der Waals surface area contributed by atoms with Gasteiger partial charge in [0.1, 0.15) is 0 Å². The highest BCUT2D eigenvalue weighted by atomic mass is 14.9. The summed E-state index contributed by atoms with van der Waals surface area (Å²) in [6.07, 6.45) is 7.64. The molecule has 0 aromatic carbocycles. The van der Waals surface area contributed by atoms with Gasteiger partial charge in [0, 0.05) is 18.4 Å². The molecule has 0 amide bonds. The Morgan fingerprint density at radius 3 is 2.94 bits per heavy atom. The third-order valence-electron chi connectivity index (χ3n) is 3.46. The second-order valence-electron chi connectivity index (χ2n) is 4.56. The molecule has 88 valence electrons. The summed E-state index contributed by atoms with van der Waals surface area (Å²) in [5, 5.41) is 6.82. The lowest BCUT2D eigenvalue weighted by Gasteiger charge is -2.27. The highest BCUT2D eigenvalue weighted by molar-refractivity contribution is 5.13. The van der Waals surface area contributed by atoms with Crippen LogP contribution in [0.5, 0.6) is 0 Å². The normalized spacial score (nSPS) is 19.6. The van der Waals surface area contributed by atoms with Gasteiger partial charge in [-0.1, -0.05) is 6.07 Å². The lowest BCUT2D eigenvalue weighted by molar-refractivity contribution is 0.318. The smallest absolute Gasteiger partial charge is 0.0335 e. The molecule has 1 atom stereocenters. The molecule has 0 bridgehead atoms. The fourth-order valence-corrected chi connectivity index (χ4v) is 2.45. The molecule has 1 saturated heterocycles. The Hall–Kier alpha value is -0.930. The average Bonchev–Trinajstić information content (AvgIpc) is 2.38. The van der Waals surface area contributed by atoms with Crippen LogP contribution >= 0.6 is 0 Å². The average molecular weight is 219 g/mol. The zero-order chi connectivity index (χ0) is 11.2. The van der Waals surface area contributed by atoms with Crippen LogP contribution in [0.25, 0.3) is 0 Å². The predicted molar refractivity (Wildman–Crippen MR) is 66.2 cm³/mol. The molecule has 0 saturated carbocycles. The third kappa shape index (κ3) is 3.03. The van der Waals surface area contributed by atoms with Crippen LogP contribution < -0.4 is 10.6 Å².